The largest absolute Gasteiger partial charge is 0.241 e. The minimum atomic E-state index is -3.70. The van der Waals surface area contributed by atoms with Crippen LogP contribution < -0.4 is 4.72 Å². The zero-order valence-corrected chi connectivity index (χ0v) is 15.0. The molecule has 22 heavy (non-hydrogen) atoms. The van der Waals surface area contributed by atoms with Crippen LogP contribution in [0.25, 0.3) is 0 Å². The second-order valence-electron chi connectivity index (χ2n) is 6.95. The standard InChI is InChI=1S/C15H23NO4S2/c1-11-9-12(15(2,3)4)5-6-14(11)22(19,20)16-13-7-8-21(17,18)10-13/h5-6,9,13,16H,7-8,10H2,1-4H3. The summed E-state index contributed by atoms with van der Waals surface area (Å²) in [6.07, 6.45) is 0.334. The molecule has 0 radical (unpaired) electrons. The fourth-order valence-electron chi connectivity index (χ4n) is 2.59. The van der Waals surface area contributed by atoms with Crippen LogP contribution in [-0.2, 0) is 25.3 Å². The molecule has 1 N–H and O–H groups in total. The third-order valence-electron chi connectivity index (χ3n) is 3.88. The van der Waals surface area contributed by atoms with Gasteiger partial charge in [-0.2, -0.15) is 0 Å². The van der Waals surface area contributed by atoms with Gasteiger partial charge in [0.25, 0.3) is 0 Å². The molecule has 0 bridgehead atoms. The van der Waals surface area contributed by atoms with Crippen molar-refractivity contribution in [3.63, 3.8) is 0 Å². The fraction of sp³-hybridized carbons (Fsp3) is 0.600. The molecule has 0 aromatic heterocycles. The normalized spacial score (nSPS) is 21.9. The summed E-state index contributed by atoms with van der Waals surface area (Å²) in [7, 11) is -6.81. The lowest BCUT2D eigenvalue weighted by molar-refractivity contribution is 0.560. The third-order valence-corrected chi connectivity index (χ3v) is 7.33. The summed E-state index contributed by atoms with van der Waals surface area (Å²) in [5, 5.41) is 0. The number of rotatable bonds is 3. The van der Waals surface area contributed by atoms with Crippen LogP contribution in [0.2, 0.25) is 0 Å². The van der Waals surface area contributed by atoms with E-state index in [0.29, 0.717) is 12.0 Å². The highest BCUT2D eigenvalue weighted by Crippen LogP contribution is 2.26. The maximum atomic E-state index is 12.5. The quantitative estimate of drug-likeness (QED) is 0.905. The summed E-state index contributed by atoms with van der Waals surface area (Å²) in [5.41, 5.74) is 1.67. The molecular formula is C15H23NO4S2. The molecule has 5 nitrogen and oxygen atoms in total. The SMILES string of the molecule is Cc1cc(C(C)(C)C)ccc1S(=O)(=O)NC1CCS(=O)(=O)C1. The van der Waals surface area contributed by atoms with E-state index in [4.69, 9.17) is 0 Å². The number of hydrogen-bond acceptors (Lipinski definition) is 4. The third kappa shape index (κ3) is 3.88. The molecule has 0 saturated carbocycles. The van der Waals surface area contributed by atoms with Crippen LogP contribution >= 0.6 is 0 Å². The van der Waals surface area contributed by atoms with E-state index in [1.807, 2.05) is 12.1 Å². The lowest BCUT2D eigenvalue weighted by Gasteiger charge is -2.21. The minimum absolute atomic E-state index is 0.0438. The van der Waals surface area contributed by atoms with Gasteiger partial charge in [0.1, 0.15) is 0 Å². The van der Waals surface area contributed by atoms with Gasteiger partial charge >= 0.3 is 0 Å². The molecule has 1 atom stereocenters. The summed E-state index contributed by atoms with van der Waals surface area (Å²) in [5.74, 6) is -0.0759. The van der Waals surface area contributed by atoms with Gasteiger partial charge in [0, 0.05) is 6.04 Å². The van der Waals surface area contributed by atoms with Gasteiger partial charge in [-0.1, -0.05) is 32.9 Å². The van der Waals surface area contributed by atoms with E-state index in [0.717, 1.165) is 5.56 Å². The summed E-state index contributed by atoms with van der Waals surface area (Å²) < 4.78 is 50.4. The minimum Gasteiger partial charge on any atom is -0.229 e. The molecule has 7 heteroatoms. The second-order valence-corrected chi connectivity index (χ2v) is 10.9. The van der Waals surface area contributed by atoms with Gasteiger partial charge in [-0.25, -0.2) is 21.6 Å². The van der Waals surface area contributed by atoms with Crippen molar-refractivity contribution in [3.05, 3.63) is 29.3 Å². The predicted octanol–water partition coefficient (Wildman–Crippen LogP) is 1.76. The average molecular weight is 345 g/mol. The first-order chi connectivity index (χ1) is 9.91. The summed E-state index contributed by atoms with van der Waals surface area (Å²) >= 11 is 0. The van der Waals surface area contributed by atoms with Gasteiger partial charge in [0.15, 0.2) is 9.84 Å². The van der Waals surface area contributed by atoms with Crippen molar-refractivity contribution < 1.29 is 16.8 Å². The second kappa shape index (κ2) is 5.62. The van der Waals surface area contributed by atoms with Crippen LogP contribution in [-0.4, -0.2) is 34.4 Å². The molecule has 0 aliphatic carbocycles. The lowest BCUT2D eigenvalue weighted by atomic mass is 9.86. The average Bonchev–Trinajstić information content (AvgIpc) is 2.66. The van der Waals surface area contributed by atoms with Gasteiger partial charge in [-0.05, 0) is 36.0 Å². The molecule has 0 amide bonds. The van der Waals surface area contributed by atoms with Crippen molar-refractivity contribution in [2.45, 2.75) is 50.5 Å². The van der Waals surface area contributed by atoms with E-state index < -0.39 is 25.9 Å². The predicted molar refractivity (Wildman–Crippen MR) is 87.3 cm³/mol. The Morgan fingerprint density at radius 3 is 2.32 bits per heavy atom. The number of benzene rings is 1. The molecule has 1 aromatic rings. The number of nitrogens with one attached hydrogen (secondary N) is 1. The Morgan fingerprint density at radius 2 is 1.86 bits per heavy atom. The van der Waals surface area contributed by atoms with Crippen molar-refractivity contribution in [2.75, 3.05) is 11.5 Å². The smallest absolute Gasteiger partial charge is 0.229 e. The zero-order valence-electron chi connectivity index (χ0n) is 13.4. The Bertz CT molecular complexity index is 774. The fourth-order valence-corrected chi connectivity index (χ4v) is 5.86. The van der Waals surface area contributed by atoms with E-state index in [1.54, 1.807) is 13.0 Å². The Balaban J connectivity index is 2.27. The van der Waals surface area contributed by atoms with E-state index in [-0.39, 0.29) is 21.8 Å². The first-order valence-corrected chi connectivity index (χ1v) is 10.6. The van der Waals surface area contributed by atoms with Crippen LogP contribution in [0.5, 0.6) is 0 Å². The van der Waals surface area contributed by atoms with Crippen LogP contribution in [0.4, 0.5) is 0 Å². The Kier molecular flexibility index (Phi) is 4.45. The number of hydrogen-bond donors (Lipinski definition) is 1. The first-order valence-electron chi connectivity index (χ1n) is 7.25. The van der Waals surface area contributed by atoms with E-state index in [9.17, 15) is 16.8 Å². The van der Waals surface area contributed by atoms with Crippen molar-refractivity contribution in [2.24, 2.45) is 0 Å². The molecule has 2 rings (SSSR count). The van der Waals surface area contributed by atoms with Crippen LogP contribution in [0, 0.1) is 6.92 Å². The van der Waals surface area contributed by atoms with Gasteiger partial charge in [-0.15, -0.1) is 0 Å². The highest BCUT2D eigenvalue weighted by Gasteiger charge is 2.32. The molecular weight excluding hydrogens is 322 g/mol. The molecule has 1 aliphatic heterocycles. The topological polar surface area (TPSA) is 80.3 Å². The number of aryl methyl sites for hydroxylation is 1. The number of sulfone groups is 1. The summed E-state index contributed by atoms with van der Waals surface area (Å²) in [6.45, 7) is 7.96. The van der Waals surface area contributed by atoms with Gasteiger partial charge in [0.2, 0.25) is 10.0 Å². The Morgan fingerprint density at radius 1 is 1.23 bits per heavy atom. The number of sulfonamides is 1. The highest BCUT2D eigenvalue weighted by molar-refractivity contribution is 7.92. The van der Waals surface area contributed by atoms with Crippen LogP contribution in [0.1, 0.15) is 38.3 Å². The van der Waals surface area contributed by atoms with Crippen molar-refractivity contribution >= 4 is 19.9 Å². The first kappa shape index (κ1) is 17.4. The zero-order chi connectivity index (χ0) is 16.8. The van der Waals surface area contributed by atoms with Gasteiger partial charge in [0.05, 0.1) is 16.4 Å². The molecule has 1 unspecified atom stereocenters. The maximum Gasteiger partial charge on any atom is 0.241 e. The maximum absolute atomic E-state index is 12.5. The molecule has 1 aromatic carbocycles. The Hall–Kier alpha value is -0.920. The highest BCUT2D eigenvalue weighted by atomic mass is 32.2. The monoisotopic (exact) mass is 345 g/mol. The van der Waals surface area contributed by atoms with Crippen LogP contribution in [0.15, 0.2) is 23.1 Å². The molecule has 1 fully saturated rings. The molecule has 1 saturated heterocycles. The molecule has 1 heterocycles. The molecule has 0 spiro atoms. The van der Waals surface area contributed by atoms with Crippen LogP contribution in [0.3, 0.4) is 0 Å². The summed E-state index contributed by atoms with van der Waals surface area (Å²) in [6, 6.07) is 4.76. The van der Waals surface area contributed by atoms with Gasteiger partial charge < -0.3 is 0 Å². The molecule has 1 aliphatic rings. The van der Waals surface area contributed by atoms with Gasteiger partial charge in [-0.3, -0.25) is 0 Å². The lowest BCUT2D eigenvalue weighted by Crippen LogP contribution is -2.36. The van der Waals surface area contributed by atoms with Crippen molar-refractivity contribution in [3.8, 4) is 0 Å². The van der Waals surface area contributed by atoms with E-state index >= 15 is 0 Å². The summed E-state index contributed by atoms with van der Waals surface area (Å²) in [4.78, 5) is 0.213. The van der Waals surface area contributed by atoms with Crippen molar-refractivity contribution in [1.82, 2.24) is 4.72 Å². The van der Waals surface area contributed by atoms with Crippen molar-refractivity contribution in [1.29, 1.82) is 0 Å². The Labute approximate surface area is 133 Å². The van der Waals surface area contributed by atoms with E-state index in [1.165, 1.54) is 0 Å². The van der Waals surface area contributed by atoms with E-state index in [2.05, 4.69) is 25.5 Å². The molecule has 124 valence electrons.